The van der Waals surface area contributed by atoms with Gasteiger partial charge in [-0.3, -0.25) is 10.00 Å². The molecule has 2 amide bonds. The van der Waals surface area contributed by atoms with Gasteiger partial charge in [0.25, 0.3) is 0 Å². The van der Waals surface area contributed by atoms with Crippen LogP contribution in [0.2, 0.25) is 0 Å². The van der Waals surface area contributed by atoms with Crippen molar-refractivity contribution in [3.63, 3.8) is 0 Å². The van der Waals surface area contributed by atoms with Crippen molar-refractivity contribution in [3.05, 3.63) is 54.4 Å². The van der Waals surface area contributed by atoms with Crippen LogP contribution in [0.1, 0.15) is 11.6 Å². The van der Waals surface area contributed by atoms with Gasteiger partial charge in [-0.2, -0.15) is 5.10 Å². The van der Waals surface area contributed by atoms with Gasteiger partial charge in [-0.25, -0.2) is 9.78 Å². The number of benzene rings is 1. The number of nitrogens with one attached hydrogen (secondary N) is 2. The first-order valence-electron chi connectivity index (χ1n) is 7.27. The molecular weight excluding hydrogens is 292 g/mol. The van der Waals surface area contributed by atoms with E-state index < -0.39 is 0 Å². The van der Waals surface area contributed by atoms with Crippen molar-refractivity contribution in [1.82, 2.24) is 20.1 Å². The number of fused-ring (bicyclic) bond motifs is 1. The van der Waals surface area contributed by atoms with Gasteiger partial charge in [-0.05, 0) is 11.6 Å². The number of pyridine rings is 1. The summed E-state index contributed by atoms with van der Waals surface area (Å²) in [6, 6.07) is 10.8. The molecule has 0 radical (unpaired) electrons. The first kappa shape index (κ1) is 15.0. The number of hydrogen-bond acceptors (Lipinski definition) is 4. The minimum Gasteiger partial charge on any atom is -0.330 e. The number of nitrogens with two attached hydrogens (primary N) is 1. The number of anilines is 1. The van der Waals surface area contributed by atoms with Crippen molar-refractivity contribution in [3.8, 4) is 0 Å². The summed E-state index contributed by atoms with van der Waals surface area (Å²) in [4.78, 5) is 16.4. The fourth-order valence-corrected chi connectivity index (χ4v) is 2.39. The predicted octanol–water partition coefficient (Wildman–Crippen LogP) is 1.79. The van der Waals surface area contributed by atoms with Crippen molar-refractivity contribution in [2.45, 2.75) is 6.04 Å². The van der Waals surface area contributed by atoms with Crippen LogP contribution in [-0.4, -0.2) is 27.3 Å². The molecule has 0 fully saturated rings. The highest BCUT2D eigenvalue weighted by atomic mass is 16.2. The van der Waals surface area contributed by atoms with Crippen molar-refractivity contribution >= 4 is 22.8 Å². The van der Waals surface area contributed by atoms with Crippen LogP contribution in [0.15, 0.2) is 48.8 Å². The summed E-state index contributed by atoms with van der Waals surface area (Å²) in [7, 11) is 1.84. The lowest BCUT2D eigenvalue weighted by Crippen LogP contribution is -2.36. The van der Waals surface area contributed by atoms with Crippen LogP contribution in [0, 0.1) is 0 Å². The van der Waals surface area contributed by atoms with Crippen LogP contribution in [-0.2, 0) is 7.05 Å². The Bertz CT molecular complexity index is 814. The molecule has 0 bridgehead atoms. The summed E-state index contributed by atoms with van der Waals surface area (Å²) in [6.07, 6.45) is 3.41. The number of rotatable bonds is 4. The van der Waals surface area contributed by atoms with Gasteiger partial charge in [0.05, 0.1) is 24.0 Å². The highest BCUT2D eigenvalue weighted by molar-refractivity contribution is 5.91. The van der Waals surface area contributed by atoms with Gasteiger partial charge in [0.15, 0.2) is 0 Å². The Labute approximate surface area is 133 Å². The summed E-state index contributed by atoms with van der Waals surface area (Å²) in [5.74, 6) is 0.465. The van der Waals surface area contributed by atoms with Gasteiger partial charge >= 0.3 is 6.03 Å². The van der Waals surface area contributed by atoms with E-state index in [9.17, 15) is 4.79 Å². The van der Waals surface area contributed by atoms with Gasteiger partial charge < -0.3 is 11.1 Å². The van der Waals surface area contributed by atoms with Gasteiger partial charge in [0, 0.05) is 19.0 Å². The summed E-state index contributed by atoms with van der Waals surface area (Å²) in [5, 5.41) is 10.6. The third-order valence-corrected chi connectivity index (χ3v) is 3.62. The minimum absolute atomic E-state index is 0.252. The van der Waals surface area contributed by atoms with Gasteiger partial charge in [-0.15, -0.1) is 0 Å². The molecule has 1 aromatic carbocycles. The highest BCUT2D eigenvalue weighted by Crippen LogP contribution is 2.16. The Hall–Kier alpha value is -2.93. The number of carbonyl (C=O) groups excluding carboxylic acids is 1. The molecule has 118 valence electrons. The topological polar surface area (TPSA) is 97.9 Å². The molecule has 0 saturated heterocycles. The van der Waals surface area contributed by atoms with Gasteiger partial charge in [0.1, 0.15) is 5.82 Å². The molecule has 3 aromatic rings. The lowest BCUT2D eigenvalue weighted by Gasteiger charge is -2.17. The van der Waals surface area contributed by atoms with Crippen molar-refractivity contribution in [1.29, 1.82) is 0 Å². The van der Waals surface area contributed by atoms with E-state index in [1.165, 1.54) is 0 Å². The molecule has 7 nitrogen and oxygen atoms in total. The lowest BCUT2D eigenvalue weighted by atomic mass is 10.1. The maximum Gasteiger partial charge on any atom is 0.320 e. The molecule has 1 unspecified atom stereocenters. The fourth-order valence-electron chi connectivity index (χ4n) is 2.39. The van der Waals surface area contributed by atoms with Crippen LogP contribution in [0.4, 0.5) is 10.6 Å². The molecule has 23 heavy (non-hydrogen) atoms. The molecule has 0 aliphatic carbocycles. The number of amides is 2. The largest absolute Gasteiger partial charge is 0.330 e. The molecule has 0 spiro atoms. The van der Waals surface area contributed by atoms with E-state index in [1.54, 1.807) is 23.1 Å². The number of hydrogen-bond donors (Lipinski definition) is 3. The van der Waals surface area contributed by atoms with E-state index in [2.05, 4.69) is 20.7 Å². The Morgan fingerprint density at radius 1 is 1.30 bits per heavy atom. The van der Waals surface area contributed by atoms with E-state index >= 15 is 0 Å². The van der Waals surface area contributed by atoms with Crippen LogP contribution in [0.25, 0.3) is 10.9 Å². The van der Waals surface area contributed by atoms with E-state index in [-0.39, 0.29) is 12.1 Å². The molecule has 0 aliphatic rings. The number of aromatic nitrogens is 3. The maximum atomic E-state index is 12.2. The second-order valence-electron chi connectivity index (χ2n) is 5.19. The predicted molar refractivity (Wildman–Crippen MR) is 88.9 cm³/mol. The average molecular weight is 310 g/mol. The Kier molecular flexibility index (Phi) is 4.20. The minimum atomic E-state index is -0.347. The second kappa shape index (κ2) is 6.45. The SMILES string of the molecule is Cn1ncc2cc(NC(=O)NC(CN)c3ccccc3)ncc21. The first-order valence-corrected chi connectivity index (χ1v) is 7.27. The zero-order chi connectivity index (χ0) is 16.2. The van der Waals surface area contributed by atoms with Crippen molar-refractivity contribution < 1.29 is 4.79 Å². The van der Waals surface area contributed by atoms with Crippen LogP contribution >= 0.6 is 0 Å². The molecule has 1 atom stereocenters. The molecule has 2 aromatic heterocycles. The maximum absolute atomic E-state index is 12.2. The molecule has 4 N–H and O–H groups in total. The zero-order valence-corrected chi connectivity index (χ0v) is 12.7. The number of urea groups is 1. The van der Waals surface area contributed by atoms with E-state index in [4.69, 9.17) is 5.73 Å². The average Bonchev–Trinajstić information content (AvgIpc) is 2.94. The first-order chi connectivity index (χ1) is 11.2. The Balaban J connectivity index is 1.70. The molecule has 3 rings (SSSR count). The number of aryl methyl sites for hydroxylation is 1. The second-order valence-corrected chi connectivity index (χ2v) is 5.19. The molecule has 0 saturated carbocycles. The summed E-state index contributed by atoms with van der Waals surface area (Å²) < 4.78 is 1.73. The van der Waals surface area contributed by atoms with Gasteiger partial charge in [-0.1, -0.05) is 30.3 Å². The molecule has 0 aliphatic heterocycles. The van der Waals surface area contributed by atoms with Crippen LogP contribution in [0.3, 0.4) is 0 Å². The van der Waals surface area contributed by atoms with Crippen LogP contribution in [0.5, 0.6) is 0 Å². The quantitative estimate of drug-likeness (QED) is 0.684. The van der Waals surface area contributed by atoms with E-state index in [1.807, 2.05) is 37.4 Å². The summed E-state index contributed by atoms with van der Waals surface area (Å²) in [5.41, 5.74) is 7.62. The van der Waals surface area contributed by atoms with E-state index in [0.717, 1.165) is 16.5 Å². The van der Waals surface area contributed by atoms with Crippen molar-refractivity contribution in [2.24, 2.45) is 12.8 Å². The number of nitrogens with zero attached hydrogens (tertiary/aromatic N) is 3. The molecule has 2 heterocycles. The fraction of sp³-hybridized carbons (Fsp3) is 0.188. The van der Waals surface area contributed by atoms with Crippen LogP contribution < -0.4 is 16.4 Å². The third-order valence-electron chi connectivity index (χ3n) is 3.62. The van der Waals surface area contributed by atoms with Crippen molar-refractivity contribution in [2.75, 3.05) is 11.9 Å². The summed E-state index contributed by atoms with van der Waals surface area (Å²) in [6.45, 7) is 0.312. The molecular formula is C16H18N6O. The normalized spacial score (nSPS) is 12.1. The van der Waals surface area contributed by atoms with Gasteiger partial charge in [0.2, 0.25) is 0 Å². The zero-order valence-electron chi connectivity index (χ0n) is 12.7. The lowest BCUT2D eigenvalue weighted by molar-refractivity contribution is 0.248. The third kappa shape index (κ3) is 3.29. The molecule has 7 heteroatoms. The highest BCUT2D eigenvalue weighted by Gasteiger charge is 2.13. The summed E-state index contributed by atoms with van der Waals surface area (Å²) >= 11 is 0. The Morgan fingerprint density at radius 2 is 2.09 bits per heavy atom. The monoisotopic (exact) mass is 310 g/mol. The number of carbonyl (C=O) groups is 1. The smallest absolute Gasteiger partial charge is 0.320 e. The van der Waals surface area contributed by atoms with E-state index in [0.29, 0.717) is 12.4 Å². The Morgan fingerprint density at radius 3 is 2.83 bits per heavy atom. The standard InChI is InChI=1S/C16H18N6O/c1-22-14-10-18-15(7-12(14)9-19-22)21-16(23)20-13(8-17)11-5-3-2-4-6-11/h2-7,9-10,13H,8,17H2,1H3,(H2,18,20,21,23).